The van der Waals surface area contributed by atoms with E-state index < -0.39 is 59.9 Å². The van der Waals surface area contributed by atoms with Crippen molar-refractivity contribution >= 4 is 11.9 Å². The molecule has 0 heterocycles. The van der Waals surface area contributed by atoms with Gasteiger partial charge in [0.1, 0.15) is 0 Å². The molecule has 0 aromatic carbocycles. The molecule has 0 spiro atoms. The standard InChI is InChI=1S/C16H21F7O4/c1-3-5-6-9(4-2)7-10(12(24)25)11(13(26)27)8-14(17,18)15(19,20)16(21,22)23/h9H,3-8H2,1-2H3,(H,24,25)(H,26,27). The second-order valence-corrected chi connectivity index (χ2v) is 6.14. The fourth-order valence-corrected chi connectivity index (χ4v) is 2.42. The molecule has 0 aliphatic carbocycles. The van der Waals surface area contributed by atoms with E-state index in [0.717, 1.165) is 0 Å². The Morgan fingerprint density at radius 2 is 1.37 bits per heavy atom. The van der Waals surface area contributed by atoms with Crippen molar-refractivity contribution in [2.24, 2.45) is 5.92 Å². The number of hydrogen-bond donors (Lipinski definition) is 2. The van der Waals surface area contributed by atoms with Crippen molar-refractivity contribution in [3.8, 4) is 0 Å². The Labute approximate surface area is 151 Å². The summed E-state index contributed by atoms with van der Waals surface area (Å²) in [6.45, 7) is 3.45. The van der Waals surface area contributed by atoms with Gasteiger partial charge in [-0.25, -0.2) is 9.59 Å². The summed E-state index contributed by atoms with van der Waals surface area (Å²) >= 11 is 0. The fourth-order valence-electron chi connectivity index (χ4n) is 2.42. The van der Waals surface area contributed by atoms with Crippen LogP contribution in [0.15, 0.2) is 11.1 Å². The maximum absolute atomic E-state index is 13.6. The molecule has 0 bridgehead atoms. The van der Waals surface area contributed by atoms with Gasteiger partial charge in [-0.1, -0.05) is 39.5 Å². The second kappa shape index (κ2) is 9.41. The highest BCUT2D eigenvalue weighted by Crippen LogP contribution is 2.49. The number of unbranched alkanes of at least 4 members (excludes halogenated alkanes) is 1. The van der Waals surface area contributed by atoms with Crippen LogP contribution in [0.2, 0.25) is 0 Å². The maximum Gasteiger partial charge on any atom is 0.459 e. The summed E-state index contributed by atoms with van der Waals surface area (Å²) in [7, 11) is 0. The lowest BCUT2D eigenvalue weighted by Crippen LogP contribution is -2.52. The number of hydrogen-bond acceptors (Lipinski definition) is 2. The van der Waals surface area contributed by atoms with Crippen molar-refractivity contribution in [3.63, 3.8) is 0 Å². The van der Waals surface area contributed by atoms with E-state index in [1.807, 2.05) is 6.92 Å². The number of carbonyl (C=O) groups is 2. The second-order valence-electron chi connectivity index (χ2n) is 6.14. The highest BCUT2D eigenvalue weighted by molar-refractivity contribution is 5.98. The Morgan fingerprint density at radius 3 is 1.70 bits per heavy atom. The predicted molar refractivity (Wildman–Crippen MR) is 80.8 cm³/mol. The third-order valence-corrected chi connectivity index (χ3v) is 4.13. The molecular formula is C16H21F7O4. The Bertz CT molecular complexity index is 568. The molecule has 0 fully saturated rings. The molecule has 4 nitrogen and oxygen atoms in total. The molecule has 0 saturated carbocycles. The minimum atomic E-state index is -6.63. The Morgan fingerprint density at radius 1 is 0.889 bits per heavy atom. The van der Waals surface area contributed by atoms with Crippen LogP contribution < -0.4 is 0 Å². The van der Waals surface area contributed by atoms with Gasteiger partial charge in [0.25, 0.3) is 0 Å². The normalized spacial score (nSPS) is 15.3. The third kappa shape index (κ3) is 6.39. The first-order valence-corrected chi connectivity index (χ1v) is 8.13. The average molecular weight is 410 g/mol. The van der Waals surface area contributed by atoms with Crippen molar-refractivity contribution in [1.29, 1.82) is 0 Å². The van der Waals surface area contributed by atoms with E-state index in [-0.39, 0.29) is 0 Å². The number of carboxylic acid groups (broad SMARTS) is 2. The van der Waals surface area contributed by atoms with Crippen LogP contribution >= 0.6 is 0 Å². The van der Waals surface area contributed by atoms with Crippen LogP contribution in [-0.2, 0) is 9.59 Å². The first kappa shape index (κ1) is 25.2. The van der Waals surface area contributed by atoms with Crippen molar-refractivity contribution in [3.05, 3.63) is 11.1 Å². The lowest BCUT2D eigenvalue weighted by atomic mass is 9.87. The van der Waals surface area contributed by atoms with Crippen LogP contribution in [0.5, 0.6) is 0 Å². The molecule has 11 heteroatoms. The maximum atomic E-state index is 13.6. The Balaban J connectivity index is 6.04. The molecule has 158 valence electrons. The van der Waals surface area contributed by atoms with Gasteiger partial charge in [0.2, 0.25) is 0 Å². The van der Waals surface area contributed by atoms with Crippen LogP contribution in [0.4, 0.5) is 30.7 Å². The topological polar surface area (TPSA) is 74.6 Å². The van der Waals surface area contributed by atoms with Crippen LogP contribution in [0.3, 0.4) is 0 Å². The zero-order valence-electron chi connectivity index (χ0n) is 14.7. The van der Waals surface area contributed by atoms with Crippen molar-refractivity contribution in [2.45, 2.75) is 70.4 Å². The van der Waals surface area contributed by atoms with Crippen molar-refractivity contribution in [1.82, 2.24) is 0 Å². The highest BCUT2D eigenvalue weighted by atomic mass is 19.4. The van der Waals surface area contributed by atoms with Crippen LogP contribution in [0.25, 0.3) is 0 Å². The molecule has 0 aromatic rings. The molecule has 0 radical (unpaired) electrons. The molecular weight excluding hydrogens is 389 g/mol. The number of aliphatic carboxylic acids is 2. The lowest BCUT2D eigenvalue weighted by molar-refractivity contribution is -0.353. The molecule has 27 heavy (non-hydrogen) atoms. The van der Waals surface area contributed by atoms with E-state index in [1.165, 1.54) is 0 Å². The highest BCUT2D eigenvalue weighted by Gasteiger charge is 2.73. The summed E-state index contributed by atoms with van der Waals surface area (Å²) in [6, 6.07) is 0. The summed E-state index contributed by atoms with van der Waals surface area (Å²) < 4.78 is 90.0. The molecule has 0 amide bonds. The lowest BCUT2D eigenvalue weighted by Gasteiger charge is -2.28. The van der Waals surface area contributed by atoms with Gasteiger partial charge in [0.05, 0.1) is 12.0 Å². The van der Waals surface area contributed by atoms with Gasteiger partial charge in [-0.15, -0.1) is 0 Å². The van der Waals surface area contributed by atoms with E-state index in [2.05, 4.69) is 0 Å². The monoisotopic (exact) mass is 410 g/mol. The van der Waals surface area contributed by atoms with E-state index in [4.69, 9.17) is 10.2 Å². The predicted octanol–water partition coefficient (Wildman–Crippen LogP) is 5.28. The molecule has 0 rings (SSSR count). The van der Waals surface area contributed by atoms with Crippen LogP contribution in [0.1, 0.15) is 52.4 Å². The molecule has 2 N–H and O–H groups in total. The molecule has 1 atom stereocenters. The Hall–Kier alpha value is -1.81. The first-order chi connectivity index (χ1) is 12.1. The number of rotatable bonds is 11. The Kier molecular flexibility index (Phi) is 8.78. The minimum Gasteiger partial charge on any atom is -0.478 e. The minimum absolute atomic E-state index is 0.346. The van der Waals surface area contributed by atoms with E-state index >= 15 is 0 Å². The van der Waals surface area contributed by atoms with Gasteiger partial charge in [-0.3, -0.25) is 0 Å². The zero-order chi connectivity index (χ0) is 21.6. The van der Waals surface area contributed by atoms with E-state index in [9.17, 15) is 40.3 Å². The third-order valence-electron chi connectivity index (χ3n) is 4.13. The number of halogens is 7. The average Bonchev–Trinajstić information content (AvgIpc) is 2.51. The molecule has 0 saturated heterocycles. The first-order valence-electron chi connectivity index (χ1n) is 8.13. The van der Waals surface area contributed by atoms with E-state index in [0.29, 0.717) is 25.7 Å². The summed E-state index contributed by atoms with van der Waals surface area (Å²) in [4.78, 5) is 22.5. The summed E-state index contributed by atoms with van der Waals surface area (Å²) in [5, 5.41) is 18.2. The molecule has 0 aliphatic rings. The van der Waals surface area contributed by atoms with Gasteiger partial charge in [0, 0.05) is 5.57 Å². The summed E-state index contributed by atoms with van der Waals surface area (Å²) in [5.41, 5.74) is -2.76. The van der Waals surface area contributed by atoms with Gasteiger partial charge >= 0.3 is 30.0 Å². The summed E-state index contributed by atoms with van der Waals surface area (Å²) in [5.74, 6) is -17.0. The van der Waals surface area contributed by atoms with Crippen LogP contribution in [-0.4, -0.2) is 40.2 Å². The molecule has 1 unspecified atom stereocenters. The molecule has 0 aliphatic heterocycles. The fraction of sp³-hybridized carbons (Fsp3) is 0.750. The zero-order valence-corrected chi connectivity index (χ0v) is 14.7. The number of carboxylic acids is 2. The van der Waals surface area contributed by atoms with Gasteiger partial charge in [0.15, 0.2) is 0 Å². The summed E-state index contributed by atoms with van der Waals surface area (Å²) in [6.07, 6.45) is -7.61. The largest absolute Gasteiger partial charge is 0.478 e. The van der Waals surface area contributed by atoms with Crippen molar-refractivity contribution in [2.75, 3.05) is 0 Å². The van der Waals surface area contributed by atoms with Gasteiger partial charge in [-0.05, 0) is 12.3 Å². The van der Waals surface area contributed by atoms with Crippen LogP contribution in [0, 0.1) is 5.92 Å². The number of alkyl halides is 7. The SMILES string of the molecule is CCCCC(CC)CC(C(=O)O)=C(CC(F)(F)C(F)(F)C(F)(F)F)C(=O)O. The van der Waals surface area contributed by atoms with Crippen molar-refractivity contribution < 1.29 is 50.5 Å². The molecule has 0 aromatic heterocycles. The van der Waals surface area contributed by atoms with E-state index in [1.54, 1.807) is 6.92 Å². The van der Waals surface area contributed by atoms with Gasteiger partial charge in [-0.2, -0.15) is 30.7 Å². The smallest absolute Gasteiger partial charge is 0.459 e. The van der Waals surface area contributed by atoms with Gasteiger partial charge < -0.3 is 10.2 Å². The quantitative estimate of drug-likeness (QED) is 0.359.